The van der Waals surface area contributed by atoms with E-state index in [1.54, 1.807) is 0 Å². The average molecular weight is 240 g/mol. The van der Waals surface area contributed by atoms with Crippen molar-refractivity contribution in [2.75, 3.05) is 26.7 Å². The van der Waals surface area contributed by atoms with Crippen LogP contribution in [0.4, 0.5) is 0 Å². The Hall–Kier alpha value is -0.910. The molecule has 2 N–H and O–H groups in total. The zero-order valence-electron chi connectivity index (χ0n) is 11.1. The third kappa shape index (κ3) is 4.85. The van der Waals surface area contributed by atoms with Crippen molar-refractivity contribution < 1.29 is 5.11 Å². The number of aliphatic hydroxyl groups excluding tert-OH is 1. The number of imidazole rings is 1. The van der Waals surface area contributed by atoms with E-state index >= 15 is 0 Å². The molecule has 0 aliphatic heterocycles. The molecule has 1 unspecified atom stereocenters. The van der Waals surface area contributed by atoms with Gasteiger partial charge in [-0.15, -0.1) is 0 Å². The lowest BCUT2D eigenvalue weighted by Gasteiger charge is -2.20. The first-order valence-electron chi connectivity index (χ1n) is 6.16. The molecule has 0 saturated heterocycles. The van der Waals surface area contributed by atoms with Crippen molar-refractivity contribution in [3.63, 3.8) is 0 Å². The third-order valence-electron chi connectivity index (χ3n) is 2.90. The van der Waals surface area contributed by atoms with Crippen molar-refractivity contribution in [2.45, 2.75) is 25.9 Å². The molecule has 0 radical (unpaired) electrons. The maximum absolute atomic E-state index is 9.17. The summed E-state index contributed by atoms with van der Waals surface area (Å²) in [5.41, 5.74) is 0. The molecule has 0 bridgehead atoms. The summed E-state index contributed by atoms with van der Waals surface area (Å²) >= 11 is 0. The molecular weight excluding hydrogens is 216 g/mol. The SMILES string of the molecule is CCNC(CO)CCN(C)Cc1nccn1C. The number of likely N-dealkylation sites (N-methyl/N-ethyl adjacent to an activating group) is 1. The Morgan fingerprint density at radius 2 is 2.35 bits per heavy atom. The van der Waals surface area contributed by atoms with E-state index in [2.05, 4.69) is 29.2 Å². The molecule has 1 heterocycles. The van der Waals surface area contributed by atoms with Crippen LogP contribution in [0.2, 0.25) is 0 Å². The zero-order chi connectivity index (χ0) is 12.7. The van der Waals surface area contributed by atoms with E-state index in [0.717, 1.165) is 31.9 Å². The first kappa shape index (κ1) is 14.2. The van der Waals surface area contributed by atoms with Crippen LogP contribution in [0.25, 0.3) is 0 Å². The maximum atomic E-state index is 9.17. The second kappa shape index (κ2) is 7.42. The Morgan fingerprint density at radius 3 is 2.88 bits per heavy atom. The lowest BCUT2D eigenvalue weighted by atomic mass is 10.2. The van der Waals surface area contributed by atoms with E-state index in [9.17, 15) is 5.11 Å². The number of hydrogen-bond acceptors (Lipinski definition) is 4. The summed E-state index contributed by atoms with van der Waals surface area (Å²) in [6.45, 7) is 4.94. The minimum atomic E-state index is 0.198. The van der Waals surface area contributed by atoms with Gasteiger partial charge in [-0.25, -0.2) is 4.98 Å². The summed E-state index contributed by atoms with van der Waals surface area (Å²) in [6, 6.07) is 0.198. The molecule has 0 spiro atoms. The van der Waals surface area contributed by atoms with Gasteiger partial charge in [-0.3, -0.25) is 4.90 Å². The van der Waals surface area contributed by atoms with Crippen molar-refractivity contribution in [1.29, 1.82) is 0 Å². The van der Waals surface area contributed by atoms with Crippen LogP contribution in [0.5, 0.6) is 0 Å². The lowest BCUT2D eigenvalue weighted by molar-refractivity contribution is 0.215. The van der Waals surface area contributed by atoms with Crippen molar-refractivity contribution in [2.24, 2.45) is 7.05 Å². The van der Waals surface area contributed by atoms with Crippen LogP contribution in [0.3, 0.4) is 0 Å². The van der Waals surface area contributed by atoms with Gasteiger partial charge in [0.05, 0.1) is 13.2 Å². The number of rotatable bonds is 8. The Balaban J connectivity index is 2.29. The number of aliphatic hydroxyl groups is 1. The second-order valence-corrected chi connectivity index (χ2v) is 4.42. The lowest BCUT2D eigenvalue weighted by Crippen LogP contribution is -2.35. The van der Waals surface area contributed by atoms with Crippen LogP contribution in [0.1, 0.15) is 19.2 Å². The summed E-state index contributed by atoms with van der Waals surface area (Å²) in [6.07, 6.45) is 4.72. The van der Waals surface area contributed by atoms with Crippen LogP contribution < -0.4 is 5.32 Å². The summed E-state index contributed by atoms with van der Waals surface area (Å²) in [4.78, 5) is 6.52. The summed E-state index contributed by atoms with van der Waals surface area (Å²) in [5, 5.41) is 12.4. The largest absolute Gasteiger partial charge is 0.395 e. The quantitative estimate of drug-likeness (QED) is 0.682. The van der Waals surface area contributed by atoms with Gasteiger partial charge in [-0.05, 0) is 26.6 Å². The Kier molecular flexibility index (Phi) is 6.18. The summed E-state index contributed by atoms with van der Waals surface area (Å²) < 4.78 is 2.03. The first-order chi connectivity index (χ1) is 8.17. The number of aromatic nitrogens is 2. The maximum Gasteiger partial charge on any atom is 0.122 e. The van der Waals surface area contributed by atoms with Gasteiger partial charge in [0.1, 0.15) is 5.82 Å². The predicted octanol–water partition coefficient (Wildman–Crippen LogP) is 0.212. The van der Waals surface area contributed by atoms with E-state index in [4.69, 9.17) is 0 Å². The molecule has 1 rings (SSSR count). The fourth-order valence-corrected chi connectivity index (χ4v) is 1.79. The molecule has 0 aliphatic carbocycles. The summed E-state index contributed by atoms with van der Waals surface area (Å²) in [5.74, 6) is 1.07. The van der Waals surface area contributed by atoms with Crippen LogP contribution in [-0.4, -0.2) is 52.3 Å². The van der Waals surface area contributed by atoms with Crippen LogP contribution in [-0.2, 0) is 13.6 Å². The highest BCUT2D eigenvalue weighted by atomic mass is 16.3. The molecule has 0 saturated carbocycles. The highest BCUT2D eigenvalue weighted by Gasteiger charge is 2.09. The first-order valence-corrected chi connectivity index (χ1v) is 6.16. The minimum Gasteiger partial charge on any atom is -0.395 e. The number of hydrogen-bond donors (Lipinski definition) is 2. The molecule has 98 valence electrons. The van der Waals surface area contributed by atoms with Crippen LogP contribution >= 0.6 is 0 Å². The highest BCUT2D eigenvalue weighted by molar-refractivity contribution is 4.90. The molecule has 5 heteroatoms. The average Bonchev–Trinajstić information content (AvgIpc) is 2.70. The fourth-order valence-electron chi connectivity index (χ4n) is 1.79. The monoisotopic (exact) mass is 240 g/mol. The fraction of sp³-hybridized carbons (Fsp3) is 0.750. The third-order valence-corrected chi connectivity index (χ3v) is 2.90. The van der Waals surface area contributed by atoms with Gasteiger partial charge in [0.25, 0.3) is 0 Å². The molecule has 1 aromatic rings. The Bertz CT molecular complexity index is 313. The Morgan fingerprint density at radius 1 is 1.59 bits per heavy atom. The minimum absolute atomic E-state index is 0.198. The van der Waals surface area contributed by atoms with Gasteiger partial charge >= 0.3 is 0 Å². The number of nitrogens with zero attached hydrogens (tertiary/aromatic N) is 3. The summed E-state index contributed by atoms with van der Waals surface area (Å²) in [7, 11) is 4.08. The normalized spacial score (nSPS) is 13.2. The molecule has 5 nitrogen and oxygen atoms in total. The molecule has 1 aromatic heterocycles. The topological polar surface area (TPSA) is 53.3 Å². The second-order valence-electron chi connectivity index (χ2n) is 4.42. The van der Waals surface area contributed by atoms with Crippen LogP contribution in [0.15, 0.2) is 12.4 Å². The van der Waals surface area contributed by atoms with Gasteiger partial charge in [-0.2, -0.15) is 0 Å². The molecule has 17 heavy (non-hydrogen) atoms. The Labute approximate surface area is 103 Å². The number of aryl methyl sites for hydroxylation is 1. The zero-order valence-corrected chi connectivity index (χ0v) is 11.1. The van der Waals surface area contributed by atoms with Crippen LogP contribution in [0, 0.1) is 0 Å². The standard InChI is InChI=1S/C12H24N4O/c1-4-13-11(10-17)5-7-15(2)9-12-14-6-8-16(12)3/h6,8,11,13,17H,4-5,7,9-10H2,1-3H3. The van der Waals surface area contributed by atoms with Gasteiger partial charge in [0.2, 0.25) is 0 Å². The molecule has 0 amide bonds. The van der Waals surface area contributed by atoms with Gasteiger partial charge in [-0.1, -0.05) is 6.92 Å². The van der Waals surface area contributed by atoms with E-state index in [0.29, 0.717) is 0 Å². The smallest absolute Gasteiger partial charge is 0.122 e. The van der Waals surface area contributed by atoms with Crippen molar-refractivity contribution in [3.05, 3.63) is 18.2 Å². The number of nitrogens with one attached hydrogen (secondary N) is 1. The van der Waals surface area contributed by atoms with Gasteiger partial charge in [0.15, 0.2) is 0 Å². The van der Waals surface area contributed by atoms with E-state index in [1.165, 1.54) is 0 Å². The van der Waals surface area contributed by atoms with E-state index < -0.39 is 0 Å². The van der Waals surface area contributed by atoms with E-state index in [1.807, 2.05) is 24.0 Å². The highest BCUT2D eigenvalue weighted by Crippen LogP contribution is 2.01. The molecule has 0 aromatic carbocycles. The molecular formula is C12H24N4O. The van der Waals surface area contributed by atoms with Crippen molar-refractivity contribution in [3.8, 4) is 0 Å². The molecule has 1 atom stereocenters. The van der Waals surface area contributed by atoms with E-state index in [-0.39, 0.29) is 12.6 Å². The van der Waals surface area contributed by atoms with Gasteiger partial charge < -0.3 is 15.0 Å². The predicted molar refractivity (Wildman–Crippen MR) is 68.7 cm³/mol. The molecule has 0 aliphatic rings. The van der Waals surface area contributed by atoms with Crippen molar-refractivity contribution in [1.82, 2.24) is 19.8 Å². The van der Waals surface area contributed by atoms with Crippen molar-refractivity contribution >= 4 is 0 Å². The molecule has 0 fully saturated rings. The van der Waals surface area contributed by atoms with Gasteiger partial charge in [0, 0.05) is 25.5 Å².